The van der Waals surface area contributed by atoms with Gasteiger partial charge < -0.3 is 0 Å². The molecule has 474 valence electrons. The van der Waals surface area contributed by atoms with Crippen molar-refractivity contribution < 1.29 is 87.8 Å². The first kappa shape index (κ1) is 69.3. The molecule has 0 spiro atoms. The maximum absolute atomic E-state index is 15.4. The minimum absolute atomic E-state index is 1.05. The van der Waals surface area contributed by atoms with Crippen LogP contribution in [0.1, 0.15) is 121 Å². The molecule has 8 aromatic carbocycles. The Kier molecular flexibility index (Phi) is 24.2. The SMILES string of the molecule is CCCCCCCCCCCCCCCCCCc1ccc(C[P+](c2ccccc2)(c2ccccc2)c2ccccc2)cc1.Fc1c(F)c(F)c([B-](c2c(F)c(F)c(F)c(F)c2F)(c2c(F)c(F)c(F)c(F)c2F)c2c(F)c(F)c(F)c(F)c2F)c(F)c1F. The Bertz CT molecular complexity index is 3220. The van der Waals surface area contributed by atoms with Gasteiger partial charge in [-0.2, -0.15) is 0 Å². The fourth-order valence-corrected chi connectivity index (χ4v) is 15.8. The van der Waals surface area contributed by atoms with Crippen molar-refractivity contribution in [2.45, 2.75) is 122 Å². The van der Waals surface area contributed by atoms with E-state index in [-0.39, 0.29) is 0 Å². The van der Waals surface area contributed by atoms with Gasteiger partial charge in [-0.15, -0.1) is 21.9 Å². The highest BCUT2D eigenvalue weighted by Crippen LogP contribution is 2.58. The Morgan fingerprint density at radius 3 is 0.674 bits per heavy atom. The fraction of sp³-hybridized carbons (Fsp3) is 0.284. The van der Waals surface area contributed by atoms with Gasteiger partial charge in [-0.1, -0.05) is 182 Å². The number of hydrogen-bond acceptors (Lipinski definition) is 0. The summed E-state index contributed by atoms with van der Waals surface area (Å²) >= 11 is 0. The van der Waals surface area contributed by atoms with Gasteiger partial charge in [0.15, 0.2) is 69.8 Å². The average molecular weight is 1280 g/mol. The molecule has 0 saturated heterocycles. The summed E-state index contributed by atoms with van der Waals surface area (Å²) in [5.41, 5.74) is -11.4. The van der Waals surface area contributed by atoms with Gasteiger partial charge in [0.1, 0.15) is 75.9 Å². The molecule has 0 N–H and O–H groups in total. The van der Waals surface area contributed by atoms with Gasteiger partial charge in [-0.25, -0.2) is 87.8 Å². The third-order valence-electron chi connectivity index (χ3n) is 16.1. The summed E-state index contributed by atoms with van der Waals surface area (Å²) in [5, 5.41) is 4.36. The number of hydrogen-bond donors (Lipinski definition) is 0. The molecule has 0 nitrogen and oxygen atoms in total. The predicted molar refractivity (Wildman–Crippen MR) is 308 cm³/mol. The summed E-state index contributed by atoms with van der Waals surface area (Å²) in [4.78, 5) is 0. The van der Waals surface area contributed by atoms with E-state index in [9.17, 15) is 52.7 Å². The molecular formula is C67H58BF20P. The maximum atomic E-state index is 15.4. The number of rotatable bonds is 26. The van der Waals surface area contributed by atoms with Crippen LogP contribution >= 0.6 is 7.26 Å². The highest BCUT2D eigenvalue weighted by molar-refractivity contribution is 7.95. The van der Waals surface area contributed by atoms with Crippen LogP contribution in [0.5, 0.6) is 0 Å². The summed E-state index contributed by atoms with van der Waals surface area (Å²) in [7, 11) is -1.85. The van der Waals surface area contributed by atoms with Gasteiger partial charge in [0.05, 0.1) is 6.16 Å². The Morgan fingerprint density at radius 2 is 0.438 bits per heavy atom. The molecule has 0 aliphatic rings. The lowest BCUT2D eigenvalue weighted by molar-refractivity contribution is 0.378. The highest BCUT2D eigenvalue weighted by Gasteiger charge is 2.53. The molecule has 0 heterocycles. The van der Waals surface area contributed by atoms with E-state index >= 15 is 35.1 Å². The largest absolute Gasteiger partial charge is 0.207 e. The van der Waals surface area contributed by atoms with Crippen LogP contribution in [0.15, 0.2) is 115 Å². The summed E-state index contributed by atoms with van der Waals surface area (Å²) in [5.74, 6) is -71.4. The lowest BCUT2D eigenvalue weighted by Crippen LogP contribution is -2.81. The third kappa shape index (κ3) is 14.2. The molecule has 8 rings (SSSR count). The van der Waals surface area contributed by atoms with Gasteiger partial charge >= 0.3 is 0 Å². The van der Waals surface area contributed by atoms with Crippen molar-refractivity contribution in [1.29, 1.82) is 0 Å². The number of aryl methyl sites for hydroxylation is 1. The first-order valence-electron chi connectivity index (χ1n) is 28.9. The zero-order valence-electron chi connectivity index (χ0n) is 47.8. The van der Waals surface area contributed by atoms with E-state index in [0.29, 0.717) is 0 Å². The van der Waals surface area contributed by atoms with Gasteiger partial charge in [-0.3, -0.25) is 0 Å². The molecule has 0 aliphatic carbocycles. The second-order valence-electron chi connectivity index (χ2n) is 21.6. The molecule has 0 unspecified atom stereocenters. The summed E-state index contributed by atoms with van der Waals surface area (Å²) in [6.07, 6.45) is 17.8. The fourth-order valence-electron chi connectivity index (χ4n) is 11.6. The van der Waals surface area contributed by atoms with Crippen LogP contribution < -0.4 is 37.8 Å². The van der Waals surface area contributed by atoms with Crippen molar-refractivity contribution in [3.05, 3.63) is 243 Å². The maximum Gasteiger partial charge on any atom is 0.200 e. The Balaban J connectivity index is 0.000000254. The summed E-state index contributed by atoms with van der Waals surface area (Å²) in [6.45, 7) is 2.30. The quantitative estimate of drug-likeness (QED) is 0.0127. The van der Waals surface area contributed by atoms with Gasteiger partial charge in [0.25, 0.3) is 0 Å². The molecule has 89 heavy (non-hydrogen) atoms. The Hall–Kier alpha value is -7.15. The standard InChI is InChI=1S/C43H58P.C24BF20/c1-2-3-4-5-6-7-8-9-10-11-12-13-14-15-16-20-27-39-34-36-40(37-35-39)38-44(41-28-21-17-22-29-41,42-30-23-18-24-31-42)43-32-25-19-26-33-43;26-5-1(6(27)14(35)21(42)13(5)34)25(2-7(28)15(36)22(43)16(37)8(2)29,3-9(30)17(38)23(44)18(39)10(3)31)4-11(32)19(40)24(45)20(41)12(4)33/h17-19,21-26,28-37H,2-16,20,27,38H2,1H3;/q+1;-1. The highest BCUT2D eigenvalue weighted by atomic mass is 31.2. The topological polar surface area (TPSA) is 0 Å². The van der Waals surface area contributed by atoms with E-state index < -0.39 is 152 Å². The van der Waals surface area contributed by atoms with E-state index in [1.807, 2.05) is 0 Å². The van der Waals surface area contributed by atoms with Crippen LogP contribution in [0, 0.1) is 116 Å². The summed E-state index contributed by atoms with van der Waals surface area (Å²) < 4.78 is 294. The minimum Gasteiger partial charge on any atom is -0.207 e. The van der Waals surface area contributed by atoms with E-state index in [0.717, 1.165) is 6.16 Å². The molecule has 0 radical (unpaired) electrons. The molecule has 0 fully saturated rings. The molecule has 8 aromatic rings. The van der Waals surface area contributed by atoms with Crippen molar-refractivity contribution in [2.75, 3.05) is 0 Å². The van der Waals surface area contributed by atoms with Crippen molar-refractivity contribution in [3.8, 4) is 0 Å². The smallest absolute Gasteiger partial charge is 0.200 e. The second kappa shape index (κ2) is 31.1. The van der Waals surface area contributed by atoms with Gasteiger partial charge in [-0.05, 0) is 60.4 Å². The monoisotopic (exact) mass is 1280 g/mol. The normalized spacial score (nSPS) is 11.8. The molecule has 0 saturated carbocycles. The van der Waals surface area contributed by atoms with Crippen molar-refractivity contribution in [1.82, 2.24) is 0 Å². The van der Waals surface area contributed by atoms with Crippen LogP contribution in [0.2, 0.25) is 0 Å². The summed E-state index contributed by atoms with van der Waals surface area (Å²) in [6, 6.07) is 43.3. The third-order valence-corrected chi connectivity index (χ3v) is 20.4. The minimum atomic E-state index is -7.22. The van der Waals surface area contributed by atoms with Crippen molar-refractivity contribution >= 4 is 51.2 Å². The number of halogens is 20. The lowest BCUT2D eigenvalue weighted by atomic mass is 9.12. The zero-order valence-corrected chi connectivity index (χ0v) is 48.7. The Morgan fingerprint density at radius 1 is 0.236 bits per heavy atom. The predicted octanol–water partition coefficient (Wildman–Crippen LogP) is 17.8. The Labute approximate surface area is 502 Å². The van der Waals surface area contributed by atoms with Crippen LogP contribution in [0.25, 0.3) is 0 Å². The first-order chi connectivity index (χ1) is 42.5. The van der Waals surface area contributed by atoms with E-state index in [2.05, 4.69) is 122 Å². The van der Waals surface area contributed by atoms with Crippen LogP contribution in [-0.4, -0.2) is 6.15 Å². The van der Waals surface area contributed by atoms with Gasteiger partial charge in [0, 0.05) is 0 Å². The van der Waals surface area contributed by atoms with Crippen LogP contribution in [-0.2, 0) is 12.6 Å². The number of benzene rings is 8. The molecular weight excluding hydrogens is 1230 g/mol. The van der Waals surface area contributed by atoms with E-state index in [4.69, 9.17) is 0 Å². The number of unbranched alkanes of at least 4 members (excludes halogenated alkanes) is 15. The lowest BCUT2D eigenvalue weighted by Gasteiger charge is -2.44. The van der Waals surface area contributed by atoms with Gasteiger partial charge in [0.2, 0.25) is 0 Å². The first-order valence-corrected chi connectivity index (χ1v) is 30.9. The average Bonchev–Trinajstić information content (AvgIpc) is 0.685. The molecule has 0 aliphatic heterocycles. The van der Waals surface area contributed by atoms with E-state index in [1.165, 1.54) is 136 Å². The second-order valence-corrected chi connectivity index (χ2v) is 25.1. The van der Waals surface area contributed by atoms with Crippen LogP contribution in [0.4, 0.5) is 87.8 Å². The molecule has 22 heteroatoms. The molecule has 0 bridgehead atoms. The molecule has 0 aromatic heterocycles. The molecule has 0 amide bonds. The van der Waals surface area contributed by atoms with E-state index in [1.54, 1.807) is 0 Å². The molecule has 0 atom stereocenters. The zero-order chi connectivity index (χ0) is 64.9. The van der Waals surface area contributed by atoms with Crippen molar-refractivity contribution in [2.24, 2.45) is 0 Å². The van der Waals surface area contributed by atoms with Crippen LogP contribution in [0.3, 0.4) is 0 Å². The van der Waals surface area contributed by atoms with Crippen molar-refractivity contribution in [3.63, 3.8) is 0 Å².